The van der Waals surface area contributed by atoms with Crippen molar-refractivity contribution < 1.29 is 28.6 Å². The molecule has 5 atom stereocenters. The maximum absolute atomic E-state index is 12.5. The van der Waals surface area contributed by atoms with Gasteiger partial charge in [-0.1, -0.05) is 67.6 Å². The van der Waals surface area contributed by atoms with E-state index in [1.54, 1.807) is 0 Å². The number of anilines is 1. The number of nitrogens with zero attached hydrogens (tertiary/aromatic N) is 3. The molecule has 8 rings (SSSR count). The largest absolute Gasteiger partial charge is 0.481 e. The standard InChI is InChI=1S/C22H28N2O.C21H23NO5/c1-2-22(25)24(20-11-7-4-8-12-20)21-14-17-23(18-15-21)16-13-19-9-5-3-6-10-19;1-11(23)25-16-6-4-13-10-15-14-5-7-17(26-12(2)24)20-21(14,8-9-22(15)3)18(13)19(16)27-20/h3-12,21H,2,13-18H2,1H3;4-7,14-15,17,20H,8-10H2,1-3H3/t;14-,15+,17-,20-,21-/m.0/s1. The van der Waals surface area contributed by atoms with Gasteiger partial charge in [0, 0.05) is 74.6 Å². The third kappa shape index (κ3) is 6.88. The van der Waals surface area contributed by atoms with Gasteiger partial charge in [-0.3, -0.25) is 14.4 Å². The van der Waals surface area contributed by atoms with Crippen LogP contribution in [-0.4, -0.2) is 85.2 Å². The molecule has 3 aromatic carbocycles. The third-order valence-corrected chi connectivity index (χ3v) is 11.8. The Labute approximate surface area is 307 Å². The number of hydrogen-bond acceptors (Lipinski definition) is 8. The summed E-state index contributed by atoms with van der Waals surface area (Å²) in [6, 6.07) is 25.4. The van der Waals surface area contributed by atoms with Gasteiger partial charge in [-0.2, -0.15) is 0 Å². The minimum absolute atomic E-state index is 0.230. The van der Waals surface area contributed by atoms with Crippen LogP contribution in [-0.2, 0) is 37.4 Å². The fourth-order valence-electron chi connectivity index (χ4n) is 9.39. The average molecular weight is 706 g/mol. The van der Waals surface area contributed by atoms with E-state index in [9.17, 15) is 14.4 Å². The zero-order chi connectivity index (χ0) is 36.4. The molecule has 0 N–H and O–H groups in total. The maximum atomic E-state index is 12.5. The quantitative estimate of drug-likeness (QED) is 0.157. The Bertz CT molecular complexity index is 1790. The average Bonchev–Trinajstić information content (AvgIpc) is 3.51. The predicted octanol–water partition coefficient (Wildman–Crippen LogP) is 6.13. The molecule has 2 aliphatic carbocycles. The van der Waals surface area contributed by atoms with Crippen molar-refractivity contribution in [2.75, 3.05) is 38.1 Å². The zero-order valence-corrected chi connectivity index (χ0v) is 30.8. The molecule has 2 saturated heterocycles. The Balaban J connectivity index is 0.000000162. The molecule has 1 spiro atoms. The highest BCUT2D eigenvalue weighted by atomic mass is 16.6. The van der Waals surface area contributed by atoms with Crippen LogP contribution in [0.4, 0.5) is 5.69 Å². The highest BCUT2D eigenvalue weighted by molar-refractivity contribution is 5.93. The van der Waals surface area contributed by atoms with Gasteiger partial charge in [-0.15, -0.1) is 0 Å². The van der Waals surface area contributed by atoms with Gasteiger partial charge in [0.15, 0.2) is 17.6 Å². The van der Waals surface area contributed by atoms with E-state index in [4.69, 9.17) is 14.2 Å². The molecule has 9 nitrogen and oxygen atoms in total. The van der Waals surface area contributed by atoms with Gasteiger partial charge in [0.1, 0.15) is 6.10 Å². The lowest BCUT2D eigenvalue weighted by atomic mass is 9.53. The number of likely N-dealkylation sites (N-methyl/N-ethyl adjacent to an activating group) is 1. The van der Waals surface area contributed by atoms with Crippen molar-refractivity contribution in [2.45, 2.75) is 89.0 Å². The molecule has 3 aromatic rings. The van der Waals surface area contributed by atoms with Crippen molar-refractivity contribution in [3.05, 3.63) is 102 Å². The first kappa shape index (κ1) is 35.9. The summed E-state index contributed by atoms with van der Waals surface area (Å²) in [6.45, 7) is 8.96. The molecule has 2 bridgehead atoms. The van der Waals surface area contributed by atoms with Crippen LogP contribution in [0.2, 0.25) is 0 Å². The SMILES string of the molecule is CC(=O)Oc1ccc2c3c1O[C@H]1[C@@H](OC(C)=O)C=C[C@H]4[C@@H](C2)N(C)CC[C@@]341.CCC(=O)N(c1ccccc1)C1CCN(CCc2ccccc2)CC1. The molecule has 0 radical (unpaired) electrons. The number of benzene rings is 3. The first-order valence-electron chi connectivity index (χ1n) is 18.9. The summed E-state index contributed by atoms with van der Waals surface area (Å²) < 4.78 is 17.5. The lowest BCUT2D eigenvalue weighted by Crippen LogP contribution is -2.65. The summed E-state index contributed by atoms with van der Waals surface area (Å²) in [6.07, 6.45) is 9.07. The van der Waals surface area contributed by atoms with Crippen LogP contribution in [0.1, 0.15) is 63.1 Å². The number of carbonyl (C=O) groups excluding carboxylic acids is 3. The highest BCUT2D eigenvalue weighted by Gasteiger charge is 2.65. The summed E-state index contributed by atoms with van der Waals surface area (Å²) in [5, 5.41) is 0. The van der Waals surface area contributed by atoms with Crippen molar-refractivity contribution in [1.29, 1.82) is 0 Å². The van der Waals surface area contributed by atoms with E-state index in [1.165, 1.54) is 25.0 Å². The van der Waals surface area contributed by atoms with Crippen LogP contribution >= 0.6 is 0 Å². The zero-order valence-electron chi connectivity index (χ0n) is 30.8. The number of rotatable bonds is 8. The molecule has 52 heavy (non-hydrogen) atoms. The van der Waals surface area contributed by atoms with Crippen LogP contribution in [0, 0.1) is 5.92 Å². The molecular weight excluding hydrogens is 654 g/mol. The second-order valence-electron chi connectivity index (χ2n) is 14.8. The molecule has 5 aliphatic rings. The van der Waals surface area contributed by atoms with Gasteiger partial charge in [0.25, 0.3) is 0 Å². The number of carbonyl (C=O) groups is 3. The topological polar surface area (TPSA) is 88.6 Å². The molecule has 3 aliphatic heterocycles. The first-order chi connectivity index (χ1) is 25.2. The Kier molecular flexibility index (Phi) is 10.5. The summed E-state index contributed by atoms with van der Waals surface area (Å²) in [7, 11) is 2.17. The molecule has 0 aromatic heterocycles. The number of amides is 1. The smallest absolute Gasteiger partial charge is 0.308 e. The minimum atomic E-state index is -0.439. The monoisotopic (exact) mass is 705 g/mol. The van der Waals surface area contributed by atoms with E-state index < -0.39 is 6.10 Å². The second-order valence-corrected chi connectivity index (χ2v) is 14.8. The van der Waals surface area contributed by atoms with Crippen LogP contribution in [0.3, 0.4) is 0 Å². The number of likely N-dealkylation sites (tertiary alicyclic amines) is 2. The van der Waals surface area contributed by atoms with E-state index in [1.807, 2.05) is 42.2 Å². The normalized spacial score (nSPS) is 25.9. The van der Waals surface area contributed by atoms with Crippen molar-refractivity contribution in [3.63, 3.8) is 0 Å². The van der Waals surface area contributed by atoms with E-state index in [2.05, 4.69) is 71.5 Å². The summed E-state index contributed by atoms with van der Waals surface area (Å²) in [5.74, 6) is 0.942. The predicted molar refractivity (Wildman–Crippen MR) is 201 cm³/mol. The van der Waals surface area contributed by atoms with Gasteiger partial charge in [0.2, 0.25) is 5.91 Å². The first-order valence-corrected chi connectivity index (χ1v) is 18.9. The lowest BCUT2D eigenvalue weighted by Gasteiger charge is -2.56. The molecule has 0 saturated carbocycles. The Morgan fingerprint density at radius 3 is 2.29 bits per heavy atom. The fraction of sp³-hybridized carbons (Fsp3) is 0.465. The van der Waals surface area contributed by atoms with E-state index >= 15 is 0 Å². The van der Waals surface area contributed by atoms with Crippen molar-refractivity contribution in [3.8, 4) is 11.5 Å². The van der Waals surface area contributed by atoms with Gasteiger partial charge in [0.05, 0.1) is 0 Å². The molecule has 274 valence electrons. The van der Waals surface area contributed by atoms with E-state index in [0.29, 0.717) is 30.0 Å². The molecule has 9 heteroatoms. The van der Waals surface area contributed by atoms with Crippen molar-refractivity contribution in [1.82, 2.24) is 9.80 Å². The number of piperidine rings is 2. The van der Waals surface area contributed by atoms with Crippen molar-refractivity contribution >= 4 is 23.5 Å². The minimum Gasteiger partial charge on any atom is -0.481 e. The highest BCUT2D eigenvalue weighted by Crippen LogP contribution is 2.62. The van der Waals surface area contributed by atoms with Crippen LogP contribution in [0.5, 0.6) is 11.5 Å². The Morgan fingerprint density at radius 2 is 1.62 bits per heavy atom. The third-order valence-electron chi connectivity index (χ3n) is 11.8. The van der Waals surface area contributed by atoms with Gasteiger partial charge in [-0.05, 0) is 81.1 Å². The van der Waals surface area contributed by atoms with Crippen LogP contribution < -0.4 is 14.4 Å². The Morgan fingerprint density at radius 1 is 0.904 bits per heavy atom. The number of para-hydroxylation sites is 1. The molecule has 0 unspecified atom stereocenters. The van der Waals surface area contributed by atoms with Crippen LogP contribution in [0.25, 0.3) is 0 Å². The summed E-state index contributed by atoms with van der Waals surface area (Å²) in [5.41, 5.74) is 4.59. The summed E-state index contributed by atoms with van der Waals surface area (Å²) >= 11 is 0. The fourth-order valence-corrected chi connectivity index (χ4v) is 9.39. The Hall–Kier alpha value is -4.47. The number of esters is 2. The lowest BCUT2D eigenvalue weighted by molar-refractivity contribution is -0.152. The number of ether oxygens (including phenoxy) is 3. The maximum Gasteiger partial charge on any atom is 0.308 e. The van der Waals surface area contributed by atoms with Gasteiger partial charge < -0.3 is 28.9 Å². The van der Waals surface area contributed by atoms with Crippen molar-refractivity contribution in [2.24, 2.45) is 5.92 Å². The van der Waals surface area contributed by atoms with E-state index in [0.717, 1.165) is 69.5 Å². The van der Waals surface area contributed by atoms with Gasteiger partial charge in [-0.25, -0.2) is 0 Å². The second kappa shape index (κ2) is 15.2. The van der Waals surface area contributed by atoms with Crippen LogP contribution in [0.15, 0.2) is 84.9 Å². The molecular formula is C43H51N3O6. The van der Waals surface area contributed by atoms with E-state index in [-0.39, 0.29) is 35.3 Å². The summed E-state index contributed by atoms with van der Waals surface area (Å²) in [4.78, 5) is 42.8. The molecule has 1 amide bonds. The van der Waals surface area contributed by atoms with Gasteiger partial charge >= 0.3 is 11.9 Å². The number of hydrogen-bond donors (Lipinski definition) is 0. The molecule has 2 fully saturated rings. The molecule has 3 heterocycles.